The van der Waals surface area contributed by atoms with Gasteiger partial charge in [0.05, 0.1) is 0 Å². The Bertz CT molecular complexity index is 461. The van der Waals surface area contributed by atoms with Crippen molar-refractivity contribution in [2.75, 3.05) is 6.54 Å². The van der Waals surface area contributed by atoms with Crippen molar-refractivity contribution in [3.8, 4) is 0 Å². The first kappa shape index (κ1) is 16.5. The molecule has 1 nitrogen and oxygen atoms in total. The zero-order chi connectivity index (χ0) is 15.4. The highest BCUT2D eigenvalue weighted by atomic mass is 14.9. The lowest BCUT2D eigenvalue weighted by atomic mass is 9.79. The fourth-order valence-electron chi connectivity index (χ4n) is 3.81. The topological polar surface area (TPSA) is 12.0 Å². The molecule has 1 aromatic carbocycles. The number of rotatable bonds is 4. The number of aryl methyl sites for hydroxylation is 3. The molecule has 21 heavy (non-hydrogen) atoms. The van der Waals surface area contributed by atoms with Crippen LogP contribution < -0.4 is 5.32 Å². The van der Waals surface area contributed by atoms with Gasteiger partial charge in [-0.05, 0) is 74.2 Å². The first-order chi connectivity index (χ1) is 9.99. The summed E-state index contributed by atoms with van der Waals surface area (Å²) in [6, 6.07) is 5.46. The van der Waals surface area contributed by atoms with Crippen molar-refractivity contribution in [2.24, 2.45) is 5.92 Å². The van der Waals surface area contributed by atoms with Gasteiger partial charge in [-0.2, -0.15) is 0 Å². The molecule has 0 aromatic heterocycles. The molecular formula is C20H33N. The Morgan fingerprint density at radius 1 is 0.952 bits per heavy atom. The third-order valence-electron chi connectivity index (χ3n) is 5.23. The molecule has 1 heteroatoms. The van der Waals surface area contributed by atoms with Crippen LogP contribution in [0.25, 0.3) is 0 Å². The molecular weight excluding hydrogens is 254 g/mol. The second-order valence-electron chi connectivity index (χ2n) is 7.36. The van der Waals surface area contributed by atoms with Crippen LogP contribution in [-0.2, 0) is 0 Å². The average molecular weight is 287 g/mol. The predicted octanol–water partition coefficient (Wildman–Crippen LogP) is 5.27. The molecule has 2 unspecified atom stereocenters. The molecule has 1 N–H and O–H groups in total. The van der Waals surface area contributed by atoms with Gasteiger partial charge in [0.15, 0.2) is 0 Å². The summed E-state index contributed by atoms with van der Waals surface area (Å²) >= 11 is 0. The van der Waals surface area contributed by atoms with Gasteiger partial charge < -0.3 is 5.32 Å². The summed E-state index contributed by atoms with van der Waals surface area (Å²) in [6.07, 6.45) is 6.98. The lowest BCUT2D eigenvalue weighted by molar-refractivity contribution is 0.362. The number of nitrogens with one attached hydrogen (secondary N) is 1. The Kier molecular flexibility index (Phi) is 5.87. The molecule has 0 bridgehead atoms. The van der Waals surface area contributed by atoms with E-state index >= 15 is 0 Å². The molecule has 2 rings (SSSR count). The molecule has 1 aliphatic rings. The van der Waals surface area contributed by atoms with Gasteiger partial charge in [0.25, 0.3) is 0 Å². The summed E-state index contributed by atoms with van der Waals surface area (Å²) < 4.78 is 0. The van der Waals surface area contributed by atoms with Crippen molar-refractivity contribution in [2.45, 2.75) is 78.7 Å². The van der Waals surface area contributed by atoms with E-state index in [1.165, 1.54) is 55.3 Å². The maximum atomic E-state index is 3.69. The Balaban J connectivity index is 2.25. The maximum Gasteiger partial charge on any atom is 0.00104 e. The summed E-state index contributed by atoms with van der Waals surface area (Å²) in [6.45, 7) is 12.5. The van der Waals surface area contributed by atoms with E-state index < -0.39 is 0 Å². The van der Waals surface area contributed by atoms with E-state index in [1.807, 2.05) is 0 Å². The van der Waals surface area contributed by atoms with Gasteiger partial charge in [-0.3, -0.25) is 0 Å². The molecule has 0 saturated heterocycles. The van der Waals surface area contributed by atoms with E-state index in [1.54, 1.807) is 5.56 Å². The first-order valence-electron chi connectivity index (χ1n) is 8.80. The van der Waals surface area contributed by atoms with Gasteiger partial charge in [0, 0.05) is 6.04 Å². The average Bonchev–Trinajstić information content (AvgIpc) is 2.66. The number of hydrogen-bond acceptors (Lipinski definition) is 1. The predicted molar refractivity (Wildman–Crippen MR) is 93.1 cm³/mol. The molecule has 0 aliphatic heterocycles. The van der Waals surface area contributed by atoms with E-state index in [9.17, 15) is 0 Å². The molecule has 0 spiro atoms. The van der Waals surface area contributed by atoms with Gasteiger partial charge in [-0.25, -0.2) is 0 Å². The van der Waals surface area contributed by atoms with Crippen LogP contribution in [0.5, 0.6) is 0 Å². The minimum Gasteiger partial charge on any atom is -0.314 e. The molecule has 2 atom stereocenters. The summed E-state index contributed by atoms with van der Waals surface area (Å²) in [4.78, 5) is 0. The van der Waals surface area contributed by atoms with Gasteiger partial charge >= 0.3 is 0 Å². The van der Waals surface area contributed by atoms with Crippen molar-refractivity contribution >= 4 is 0 Å². The van der Waals surface area contributed by atoms with E-state index in [-0.39, 0.29) is 0 Å². The maximum absolute atomic E-state index is 3.69. The van der Waals surface area contributed by atoms with Crippen molar-refractivity contribution in [1.29, 1.82) is 0 Å². The summed E-state index contributed by atoms with van der Waals surface area (Å²) in [5.41, 5.74) is 6.01. The van der Waals surface area contributed by atoms with Crippen LogP contribution >= 0.6 is 0 Å². The van der Waals surface area contributed by atoms with Crippen molar-refractivity contribution < 1.29 is 0 Å². The van der Waals surface area contributed by atoms with Crippen molar-refractivity contribution in [1.82, 2.24) is 5.32 Å². The molecule has 0 radical (unpaired) electrons. The smallest absolute Gasteiger partial charge is 0.00104 e. The molecule has 0 heterocycles. The molecule has 1 aromatic rings. The van der Waals surface area contributed by atoms with Crippen molar-refractivity contribution in [3.05, 3.63) is 34.4 Å². The minimum atomic E-state index is 0.592. The summed E-state index contributed by atoms with van der Waals surface area (Å²) in [7, 11) is 0. The van der Waals surface area contributed by atoms with Crippen LogP contribution in [0, 0.1) is 26.7 Å². The quantitative estimate of drug-likeness (QED) is 0.743. The van der Waals surface area contributed by atoms with Crippen LogP contribution in [-0.4, -0.2) is 12.6 Å². The van der Waals surface area contributed by atoms with Gasteiger partial charge in [-0.15, -0.1) is 0 Å². The highest BCUT2D eigenvalue weighted by molar-refractivity contribution is 5.39. The SMILES string of the molecule is Cc1cc(C)c(C2CCCCCC2CNC(C)C)cc1C. The molecule has 1 aliphatic carbocycles. The van der Waals surface area contributed by atoms with Crippen molar-refractivity contribution in [3.63, 3.8) is 0 Å². The number of hydrogen-bond donors (Lipinski definition) is 1. The zero-order valence-electron chi connectivity index (χ0n) is 14.6. The summed E-state index contributed by atoms with van der Waals surface area (Å²) in [5, 5.41) is 3.69. The zero-order valence-corrected chi connectivity index (χ0v) is 14.6. The Hall–Kier alpha value is -0.820. The van der Waals surface area contributed by atoms with E-state index in [0.717, 1.165) is 11.8 Å². The van der Waals surface area contributed by atoms with Crippen LogP contribution in [0.2, 0.25) is 0 Å². The normalized spacial score (nSPS) is 23.3. The standard InChI is InChI=1S/C20H33N/c1-14(2)21-13-18-9-7-6-8-10-19(18)20-12-16(4)15(3)11-17(20)5/h11-12,14,18-19,21H,6-10,13H2,1-5H3. The van der Waals surface area contributed by atoms with Crippen LogP contribution in [0.4, 0.5) is 0 Å². The highest BCUT2D eigenvalue weighted by Crippen LogP contribution is 2.38. The Morgan fingerprint density at radius 3 is 2.33 bits per heavy atom. The number of benzene rings is 1. The van der Waals surface area contributed by atoms with Gasteiger partial charge in [-0.1, -0.05) is 45.2 Å². The third-order valence-corrected chi connectivity index (χ3v) is 5.23. The third kappa shape index (κ3) is 4.32. The monoisotopic (exact) mass is 287 g/mol. The van der Waals surface area contributed by atoms with Gasteiger partial charge in [0.2, 0.25) is 0 Å². The highest BCUT2D eigenvalue weighted by Gasteiger charge is 2.26. The molecule has 118 valence electrons. The second kappa shape index (κ2) is 7.45. The molecule has 1 fully saturated rings. The van der Waals surface area contributed by atoms with Crippen LogP contribution in [0.15, 0.2) is 12.1 Å². The first-order valence-corrected chi connectivity index (χ1v) is 8.80. The largest absolute Gasteiger partial charge is 0.314 e. The fourth-order valence-corrected chi connectivity index (χ4v) is 3.81. The van der Waals surface area contributed by atoms with E-state index in [2.05, 4.69) is 52.1 Å². The van der Waals surface area contributed by atoms with Crippen LogP contribution in [0.1, 0.15) is 74.1 Å². The minimum absolute atomic E-state index is 0.592. The fraction of sp³-hybridized carbons (Fsp3) is 0.700. The summed E-state index contributed by atoms with van der Waals surface area (Å²) in [5.74, 6) is 1.55. The van der Waals surface area contributed by atoms with Crippen LogP contribution in [0.3, 0.4) is 0 Å². The lowest BCUT2D eigenvalue weighted by Gasteiger charge is -2.29. The Labute approximate surface area is 131 Å². The molecule has 0 amide bonds. The van der Waals surface area contributed by atoms with E-state index in [0.29, 0.717) is 6.04 Å². The Morgan fingerprint density at radius 2 is 1.62 bits per heavy atom. The lowest BCUT2D eigenvalue weighted by Crippen LogP contribution is -2.31. The van der Waals surface area contributed by atoms with E-state index in [4.69, 9.17) is 0 Å². The second-order valence-corrected chi connectivity index (χ2v) is 7.36. The van der Waals surface area contributed by atoms with Gasteiger partial charge in [0.1, 0.15) is 0 Å². The molecule has 1 saturated carbocycles.